The van der Waals surface area contributed by atoms with Crippen molar-refractivity contribution in [3.63, 3.8) is 0 Å². The molecule has 0 aliphatic heterocycles. The fourth-order valence-corrected chi connectivity index (χ4v) is 9.02. The van der Waals surface area contributed by atoms with Gasteiger partial charge in [-0.15, -0.1) is 0 Å². The molecular weight excluding hydrogens is 805 g/mol. The largest absolute Gasteiger partial charge is 0.462 e. The molecule has 0 heterocycles. The number of rotatable bonds is 53. The fourth-order valence-electron chi connectivity index (χ4n) is 9.02. The first-order chi connectivity index (χ1) is 31.8. The lowest BCUT2D eigenvalue weighted by molar-refractivity contribution is -0.167. The molecule has 6 heteroatoms. The van der Waals surface area contributed by atoms with Crippen LogP contribution in [0.25, 0.3) is 0 Å². The predicted molar refractivity (Wildman–Crippen MR) is 280 cm³/mol. The van der Waals surface area contributed by atoms with E-state index in [1.807, 2.05) is 0 Å². The van der Waals surface area contributed by atoms with Crippen molar-refractivity contribution in [2.24, 2.45) is 11.8 Å². The molecule has 0 N–H and O–H groups in total. The van der Waals surface area contributed by atoms with Crippen molar-refractivity contribution in [3.05, 3.63) is 0 Å². The number of hydrogen-bond donors (Lipinski definition) is 0. The number of esters is 3. The molecule has 2 atom stereocenters. The molecule has 0 amide bonds. The Morgan fingerprint density at radius 3 is 0.877 bits per heavy atom. The van der Waals surface area contributed by atoms with Crippen molar-refractivity contribution in [2.45, 2.75) is 336 Å². The van der Waals surface area contributed by atoms with Crippen LogP contribution < -0.4 is 0 Å². The maximum atomic E-state index is 12.9. The van der Waals surface area contributed by atoms with Gasteiger partial charge in [0.15, 0.2) is 6.10 Å². The van der Waals surface area contributed by atoms with Gasteiger partial charge in [0.05, 0.1) is 0 Å². The molecule has 0 bridgehead atoms. The van der Waals surface area contributed by atoms with Gasteiger partial charge in [-0.05, 0) is 31.1 Å². The molecule has 0 aliphatic rings. The average molecular weight is 920 g/mol. The summed E-state index contributed by atoms with van der Waals surface area (Å²) >= 11 is 0. The molecule has 1 unspecified atom stereocenters. The van der Waals surface area contributed by atoms with Gasteiger partial charge in [0, 0.05) is 19.3 Å². The van der Waals surface area contributed by atoms with Crippen molar-refractivity contribution in [1.29, 1.82) is 0 Å². The number of unbranched alkanes of at least 4 members (excludes halogenated alkanes) is 37. The molecule has 65 heavy (non-hydrogen) atoms. The van der Waals surface area contributed by atoms with Gasteiger partial charge in [-0.1, -0.05) is 291 Å². The molecule has 0 rings (SSSR count). The quantitative estimate of drug-likeness (QED) is 0.0344. The summed E-state index contributed by atoms with van der Waals surface area (Å²) < 4.78 is 16.9. The summed E-state index contributed by atoms with van der Waals surface area (Å²) in [5, 5.41) is 0. The van der Waals surface area contributed by atoms with Crippen LogP contribution in [0.4, 0.5) is 0 Å². The lowest BCUT2D eigenvalue weighted by atomic mass is 9.99. The summed E-state index contributed by atoms with van der Waals surface area (Å²) in [4.78, 5) is 38.2. The standard InChI is InChI=1S/C59H114O6/c1-6-8-9-10-11-12-13-14-15-16-17-20-23-29-34-39-44-49-57(60)63-52-56(53-64-58(61)50-45-40-35-30-26-25-28-33-38-43-48-55(5)7-2)65-59(62)51-46-41-36-31-24-21-18-19-22-27-32-37-42-47-54(3)4/h54-56H,6-53H2,1-5H3/t55?,56-/m1/s1. The zero-order chi connectivity index (χ0) is 47.5. The molecule has 0 saturated heterocycles. The van der Waals surface area contributed by atoms with Crippen LogP contribution in [0.5, 0.6) is 0 Å². The van der Waals surface area contributed by atoms with Gasteiger partial charge in [0.25, 0.3) is 0 Å². The van der Waals surface area contributed by atoms with Crippen molar-refractivity contribution in [2.75, 3.05) is 13.2 Å². The van der Waals surface area contributed by atoms with Gasteiger partial charge >= 0.3 is 17.9 Å². The minimum atomic E-state index is -0.763. The smallest absolute Gasteiger partial charge is 0.306 e. The Morgan fingerprint density at radius 1 is 0.323 bits per heavy atom. The molecule has 6 nitrogen and oxygen atoms in total. The summed E-state index contributed by atoms with van der Waals surface area (Å²) in [6, 6.07) is 0. The summed E-state index contributed by atoms with van der Waals surface area (Å²) in [6.45, 7) is 11.4. The predicted octanol–water partition coefficient (Wildman–Crippen LogP) is 19.3. The van der Waals surface area contributed by atoms with Crippen LogP contribution in [0.1, 0.15) is 330 Å². The Morgan fingerprint density at radius 2 is 0.585 bits per heavy atom. The monoisotopic (exact) mass is 919 g/mol. The minimum absolute atomic E-state index is 0.0627. The van der Waals surface area contributed by atoms with Crippen molar-refractivity contribution < 1.29 is 28.6 Å². The average Bonchev–Trinajstić information content (AvgIpc) is 3.29. The molecule has 0 spiro atoms. The second-order valence-electron chi connectivity index (χ2n) is 21.0. The third-order valence-corrected chi connectivity index (χ3v) is 13.8. The highest BCUT2D eigenvalue weighted by atomic mass is 16.6. The summed E-state index contributed by atoms with van der Waals surface area (Å²) in [5.74, 6) is 0.869. The molecule has 0 aromatic carbocycles. The zero-order valence-corrected chi connectivity index (χ0v) is 44.6. The second-order valence-corrected chi connectivity index (χ2v) is 21.0. The Bertz CT molecular complexity index is 995. The second kappa shape index (κ2) is 51.8. The number of carbonyl (C=O) groups excluding carboxylic acids is 3. The van der Waals surface area contributed by atoms with E-state index in [9.17, 15) is 14.4 Å². The SMILES string of the molecule is CCCCCCCCCCCCCCCCCCCC(=O)OC[C@H](COC(=O)CCCCCCCCCCCCC(C)CC)OC(=O)CCCCCCCCCCCCCCCC(C)C. The number of hydrogen-bond acceptors (Lipinski definition) is 6. The maximum Gasteiger partial charge on any atom is 0.306 e. The molecular formula is C59H114O6. The molecule has 0 aromatic rings. The van der Waals surface area contributed by atoms with E-state index < -0.39 is 6.10 Å². The van der Waals surface area contributed by atoms with Crippen LogP contribution in [-0.2, 0) is 28.6 Å². The van der Waals surface area contributed by atoms with Gasteiger partial charge in [-0.3, -0.25) is 14.4 Å². The van der Waals surface area contributed by atoms with Crippen LogP contribution in [-0.4, -0.2) is 37.2 Å². The Hall–Kier alpha value is -1.59. The Labute approximate surface area is 406 Å². The van der Waals surface area contributed by atoms with Crippen LogP contribution in [0, 0.1) is 11.8 Å². The fraction of sp³-hybridized carbons (Fsp3) is 0.949. The van der Waals surface area contributed by atoms with E-state index >= 15 is 0 Å². The highest BCUT2D eigenvalue weighted by molar-refractivity contribution is 5.71. The van der Waals surface area contributed by atoms with E-state index in [0.717, 1.165) is 69.6 Å². The minimum Gasteiger partial charge on any atom is -0.462 e. The Balaban J connectivity index is 4.30. The first-order valence-corrected chi connectivity index (χ1v) is 29.3. The normalized spacial score (nSPS) is 12.5. The van der Waals surface area contributed by atoms with Crippen LogP contribution in [0.2, 0.25) is 0 Å². The van der Waals surface area contributed by atoms with E-state index in [1.54, 1.807) is 0 Å². The van der Waals surface area contributed by atoms with Gasteiger partial charge in [0.1, 0.15) is 13.2 Å². The van der Waals surface area contributed by atoms with Gasteiger partial charge in [0.2, 0.25) is 0 Å². The van der Waals surface area contributed by atoms with Crippen molar-refractivity contribution >= 4 is 17.9 Å². The highest BCUT2D eigenvalue weighted by Gasteiger charge is 2.19. The summed E-state index contributed by atoms with van der Waals surface area (Å²) in [5.41, 5.74) is 0. The first kappa shape index (κ1) is 63.4. The van der Waals surface area contributed by atoms with Gasteiger partial charge in [-0.2, -0.15) is 0 Å². The topological polar surface area (TPSA) is 78.9 Å². The molecule has 0 fully saturated rings. The van der Waals surface area contributed by atoms with Gasteiger partial charge < -0.3 is 14.2 Å². The van der Waals surface area contributed by atoms with Crippen LogP contribution in [0.15, 0.2) is 0 Å². The van der Waals surface area contributed by atoms with Crippen LogP contribution >= 0.6 is 0 Å². The Kier molecular flexibility index (Phi) is 50.5. The molecule has 0 radical (unpaired) electrons. The van der Waals surface area contributed by atoms with Gasteiger partial charge in [-0.25, -0.2) is 0 Å². The maximum absolute atomic E-state index is 12.9. The highest BCUT2D eigenvalue weighted by Crippen LogP contribution is 2.19. The van der Waals surface area contributed by atoms with E-state index in [0.29, 0.717) is 19.3 Å². The molecule has 0 aromatic heterocycles. The van der Waals surface area contributed by atoms with E-state index in [-0.39, 0.29) is 31.1 Å². The zero-order valence-electron chi connectivity index (χ0n) is 44.6. The number of ether oxygens (including phenoxy) is 3. The first-order valence-electron chi connectivity index (χ1n) is 29.3. The van der Waals surface area contributed by atoms with E-state index in [2.05, 4.69) is 34.6 Å². The van der Waals surface area contributed by atoms with Crippen molar-refractivity contribution in [3.8, 4) is 0 Å². The summed E-state index contributed by atoms with van der Waals surface area (Å²) in [6.07, 6.45) is 55.1. The molecule has 386 valence electrons. The molecule has 0 aliphatic carbocycles. The molecule has 0 saturated carbocycles. The third kappa shape index (κ3) is 51.6. The van der Waals surface area contributed by atoms with Crippen molar-refractivity contribution in [1.82, 2.24) is 0 Å². The summed E-state index contributed by atoms with van der Waals surface area (Å²) in [7, 11) is 0. The van der Waals surface area contributed by atoms with Crippen LogP contribution in [0.3, 0.4) is 0 Å². The van der Waals surface area contributed by atoms with E-state index in [1.165, 1.54) is 218 Å². The number of carbonyl (C=O) groups is 3. The lowest BCUT2D eigenvalue weighted by Gasteiger charge is -2.18. The third-order valence-electron chi connectivity index (χ3n) is 13.8. The lowest BCUT2D eigenvalue weighted by Crippen LogP contribution is -2.30. The van der Waals surface area contributed by atoms with E-state index in [4.69, 9.17) is 14.2 Å².